The quantitative estimate of drug-likeness (QED) is 0.807. The maximum atomic E-state index is 5.26. The van der Waals surface area contributed by atoms with Crippen LogP contribution in [0.1, 0.15) is 33.3 Å². The van der Waals surface area contributed by atoms with Crippen LogP contribution < -0.4 is 10.1 Å². The molecular weight excluding hydrogens is 302 g/mol. The van der Waals surface area contributed by atoms with Crippen molar-refractivity contribution in [2.45, 2.75) is 40.2 Å². The Kier molecular flexibility index (Phi) is 6.87. The lowest BCUT2D eigenvalue weighted by molar-refractivity contribution is 0.354. The van der Waals surface area contributed by atoms with Crippen molar-refractivity contribution in [3.8, 4) is 5.75 Å². The summed E-state index contributed by atoms with van der Waals surface area (Å²) in [6.07, 6.45) is 1.10. The van der Waals surface area contributed by atoms with E-state index in [4.69, 9.17) is 4.74 Å². The van der Waals surface area contributed by atoms with E-state index in [1.54, 1.807) is 7.11 Å². The molecule has 2 unspecified atom stereocenters. The lowest BCUT2D eigenvalue weighted by Crippen LogP contribution is -2.31. The van der Waals surface area contributed by atoms with Crippen LogP contribution in [-0.4, -0.2) is 19.7 Å². The SMILES string of the molecule is COc1ccc(CC(C)C(C)CNC(C)C)cc1Br. The van der Waals surface area contributed by atoms with Crippen molar-refractivity contribution in [1.29, 1.82) is 0 Å². The van der Waals surface area contributed by atoms with Crippen LogP contribution in [0.15, 0.2) is 22.7 Å². The third-order valence-electron chi connectivity index (χ3n) is 3.59. The first-order valence-corrected chi connectivity index (χ1v) is 7.79. The van der Waals surface area contributed by atoms with Crippen LogP contribution in [0.3, 0.4) is 0 Å². The van der Waals surface area contributed by atoms with Crippen molar-refractivity contribution in [2.75, 3.05) is 13.7 Å². The van der Waals surface area contributed by atoms with Crippen molar-refractivity contribution in [2.24, 2.45) is 11.8 Å². The lowest BCUT2D eigenvalue weighted by Gasteiger charge is -2.22. The molecule has 0 aliphatic rings. The fourth-order valence-corrected chi connectivity index (χ4v) is 2.62. The molecule has 1 aromatic carbocycles. The molecule has 0 aliphatic carbocycles. The van der Waals surface area contributed by atoms with Gasteiger partial charge in [-0.15, -0.1) is 0 Å². The van der Waals surface area contributed by atoms with E-state index >= 15 is 0 Å². The van der Waals surface area contributed by atoms with E-state index in [1.807, 2.05) is 6.07 Å². The first kappa shape index (κ1) is 16.5. The van der Waals surface area contributed by atoms with Crippen LogP contribution in [0.4, 0.5) is 0 Å². The molecule has 0 bridgehead atoms. The van der Waals surface area contributed by atoms with E-state index in [1.165, 1.54) is 5.56 Å². The summed E-state index contributed by atoms with van der Waals surface area (Å²) in [5, 5.41) is 3.51. The minimum atomic E-state index is 0.560. The van der Waals surface area contributed by atoms with Crippen LogP contribution in [0, 0.1) is 11.8 Å². The van der Waals surface area contributed by atoms with Gasteiger partial charge in [0.2, 0.25) is 0 Å². The van der Waals surface area contributed by atoms with E-state index in [0.29, 0.717) is 17.9 Å². The Morgan fingerprint density at radius 2 is 1.84 bits per heavy atom. The number of ether oxygens (including phenoxy) is 1. The molecule has 108 valence electrons. The van der Waals surface area contributed by atoms with Gasteiger partial charge >= 0.3 is 0 Å². The maximum absolute atomic E-state index is 5.26. The molecule has 0 aromatic heterocycles. The first-order valence-electron chi connectivity index (χ1n) is 6.99. The molecule has 0 saturated heterocycles. The van der Waals surface area contributed by atoms with Gasteiger partial charge < -0.3 is 10.1 Å². The Balaban J connectivity index is 2.56. The normalized spacial score (nSPS) is 14.5. The lowest BCUT2D eigenvalue weighted by atomic mass is 9.89. The van der Waals surface area contributed by atoms with Crippen molar-refractivity contribution in [1.82, 2.24) is 5.32 Å². The third kappa shape index (κ3) is 5.53. The summed E-state index contributed by atoms with van der Waals surface area (Å²) in [6.45, 7) is 10.1. The van der Waals surface area contributed by atoms with Crippen molar-refractivity contribution < 1.29 is 4.74 Å². The predicted octanol–water partition coefficient (Wildman–Crippen LogP) is 4.27. The average Bonchev–Trinajstić information content (AvgIpc) is 2.36. The molecule has 1 N–H and O–H groups in total. The van der Waals surface area contributed by atoms with E-state index in [0.717, 1.165) is 23.2 Å². The van der Waals surface area contributed by atoms with Crippen molar-refractivity contribution in [3.05, 3.63) is 28.2 Å². The molecule has 1 rings (SSSR count). The van der Waals surface area contributed by atoms with E-state index < -0.39 is 0 Å². The summed E-state index contributed by atoms with van der Waals surface area (Å²) in [5.74, 6) is 2.22. The van der Waals surface area contributed by atoms with Gasteiger partial charge in [-0.05, 0) is 58.4 Å². The third-order valence-corrected chi connectivity index (χ3v) is 4.21. The molecular formula is C16H26BrNO. The Labute approximate surface area is 126 Å². The van der Waals surface area contributed by atoms with Gasteiger partial charge in [0.1, 0.15) is 5.75 Å². The number of halogens is 1. The first-order chi connectivity index (χ1) is 8.93. The molecule has 0 spiro atoms. The summed E-state index contributed by atoms with van der Waals surface area (Å²) in [7, 11) is 1.70. The van der Waals surface area contributed by atoms with Crippen molar-refractivity contribution >= 4 is 15.9 Å². The molecule has 2 atom stereocenters. The van der Waals surface area contributed by atoms with Gasteiger partial charge in [-0.2, -0.15) is 0 Å². The van der Waals surface area contributed by atoms with Crippen LogP contribution in [0.2, 0.25) is 0 Å². The van der Waals surface area contributed by atoms with E-state index in [9.17, 15) is 0 Å². The molecule has 19 heavy (non-hydrogen) atoms. The minimum absolute atomic E-state index is 0.560. The Bertz CT molecular complexity index is 392. The Morgan fingerprint density at radius 1 is 1.16 bits per heavy atom. The van der Waals surface area contributed by atoms with Gasteiger partial charge in [-0.3, -0.25) is 0 Å². The van der Waals surface area contributed by atoms with Crippen LogP contribution in [0.25, 0.3) is 0 Å². The second-order valence-corrected chi connectivity index (χ2v) is 6.54. The smallest absolute Gasteiger partial charge is 0.133 e. The largest absolute Gasteiger partial charge is 0.496 e. The zero-order valence-electron chi connectivity index (χ0n) is 12.7. The number of nitrogens with one attached hydrogen (secondary N) is 1. The number of rotatable bonds is 7. The second kappa shape index (κ2) is 7.91. The highest BCUT2D eigenvalue weighted by Crippen LogP contribution is 2.27. The second-order valence-electron chi connectivity index (χ2n) is 5.69. The summed E-state index contributed by atoms with van der Waals surface area (Å²) in [6, 6.07) is 6.91. The molecule has 0 saturated carbocycles. The molecule has 2 nitrogen and oxygen atoms in total. The predicted molar refractivity (Wildman–Crippen MR) is 85.9 cm³/mol. The molecule has 0 radical (unpaired) electrons. The molecule has 0 fully saturated rings. The zero-order chi connectivity index (χ0) is 14.4. The molecule has 1 aromatic rings. The summed E-state index contributed by atoms with van der Waals surface area (Å²) in [5.41, 5.74) is 1.36. The van der Waals surface area contributed by atoms with E-state index in [-0.39, 0.29) is 0 Å². The molecule has 0 aliphatic heterocycles. The van der Waals surface area contributed by atoms with Gasteiger partial charge in [-0.25, -0.2) is 0 Å². The van der Waals surface area contributed by atoms with Gasteiger partial charge in [-0.1, -0.05) is 33.8 Å². The Hall–Kier alpha value is -0.540. The number of hydrogen-bond acceptors (Lipinski definition) is 2. The molecule has 0 heterocycles. The Morgan fingerprint density at radius 3 is 2.37 bits per heavy atom. The van der Waals surface area contributed by atoms with Gasteiger partial charge in [0.25, 0.3) is 0 Å². The van der Waals surface area contributed by atoms with Crippen molar-refractivity contribution in [3.63, 3.8) is 0 Å². The fraction of sp³-hybridized carbons (Fsp3) is 0.625. The van der Waals surface area contributed by atoms with Crippen LogP contribution in [-0.2, 0) is 6.42 Å². The van der Waals surface area contributed by atoms with Crippen LogP contribution >= 0.6 is 15.9 Å². The highest BCUT2D eigenvalue weighted by molar-refractivity contribution is 9.10. The number of hydrogen-bond donors (Lipinski definition) is 1. The minimum Gasteiger partial charge on any atom is -0.496 e. The van der Waals surface area contributed by atoms with E-state index in [2.05, 4.69) is 61.1 Å². The summed E-state index contributed by atoms with van der Waals surface area (Å²) in [4.78, 5) is 0. The number of benzene rings is 1. The van der Waals surface area contributed by atoms with Gasteiger partial charge in [0.05, 0.1) is 11.6 Å². The number of methoxy groups -OCH3 is 1. The summed E-state index contributed by atoms with van der Waals surface area (Å²) < 4.78 is 6.30. The summed E-state index contributed by atoms with van der Waals surface area (Å²) >= 11 is 3.55. The highest BCUT2D eigenvalue weighted by Gasteiger charge is 2.14. The maximum Gasteiger partial charge on any atom is 0.133 e. The standard InChI is InChI=1S/C16H26BrNO/c1-11(2)18-10-13(4)12(3)8-14-6-7-16(19-5)15(17)9-14/h6-7,9,11-13,18H,8,10H2,1-5H3. The average molecular weight is 328 g/mol. The monoisotopic (exact) mass is 327 g/mol. The molecule has 0 amide bonds. The molecule has 3 heteroatoms. The fourth-order valence-electron chi connectivity index (χ4n) is 2.03. The van der Waals surface area contributed by atoms with Gasteiger partial charge in [0, 0.05) is 6.04 Å². The zero-order valence-corrected chi connectivity index (χ0v) is 14.3. The van der Waals surface area contributed by atoms with Crippen LogP contribution in [0.5, 0.6) is 5.75 Å². The topological polar surface area (TPSA) is 21.3 Å². The van der Waals surface area contributed by atoms with Gasteiger partial charge in [0.15, 0.2) is 0 Å². The highest BCUT2D eigenvalue weighted by atomic mass is 79.9.